The van der Waals surface area contributed by atoms with E-state index >= 15 is 0 Å². The topological polar surface area (TPSA) is 85.7 Å². The van der Waals surface area contributed by atoms with Crippen LogP contribution in [0.15, 0.2) is 71.7 Å². The molecule has 0 aliphatic heterocycles. The molecule has 8 heteroatoms. The van der Waals surface area contributed by atoms with E-state index in [4.69, 9.17) is 16.3 Å². The molecule has 7 nitrogen and oxygen atoms in total. The Kier molecular flexibility index (Phi) is 5.67. The highest BCUT2D eigenvalue weighted by atomic mass is 35.5. The van der Waals surface area contributed by atoms with Gasteiger partial charge in [0.05, 0.1) is 5.56 Å². The summed E-state index contributed by atoms with van der Waals surface area (Å²) >= 11 is 6.19. The number of aromatic amines is 1. The molecule has 0 aliphatic rings. The third-order valence-corrected chi connectivity index (χ3v) is 4.72. The Balaban J connectivity index is 1.52. The number of halogens is 1. The van der Waals surface area contributed by atoms with Gasteiger partial charge in [0.1, 0.15) is 12.4 Å². The lowest BCUT2D eigenvalue weighted by Crippen LogP contribution is -2.22. The highest BCUT2D eigenvalue weighted by molar-refractivity contribution is 6.30. The van der Waals surface area contributed by atoms with Crippen molar-refractivity contribution in [2.75, 3.05) is 0 Å². The number of pyridine rings is 1. The number of nitrogens with zero attached hydrogens (tertiary/aromatic N) is 4. The molecular formula is C21H18ClN5O2. The second-order valence-corrected chi connectivity index (χ2v) is 6.87. The number of H-pyrrole nitrogens is 1. The molecule has 4 rings (SSSR count). The summed E-state index contributed by atoms with van der Waals surface area (Å²) in [7, 11) is 0. The van der Waals surface area contributed by atoms with Crippen LogP contribution in [0.2, 0.25) is 5.02 Å². The summed E-state index contributed by atoms with van der Waals surface area (Å²) in [5, 5.41) is 14.3. The van der Waals surface area contributed by atoms with Gasteiger partial charge in [-0.3, -0.25) is 4.79 Å². The molecule has 4 aromatic rings. The summed E-state index contributed by atoms with van der Waals surface area (Å²) in [5.74, 6) is 1.03. The van der Waals surface area contributed by atoms with Crippen molar-refractivity contribution in [1.29, 1.82) is 0 Å². The van der Waals surface area contributed by atoms with E-state index in [1.165, 1.54) is 0 Å². The number of nitrogens with one attached hydrogen (secondary N) is 1. The van der Waals surface area contributed by atoms with Crippen molar-refractivity contribution in [2.24, 2.45) is 0 Å². The first kappa shape index (κ1) is 18.9. The van der Waals surface area contributed by atoms with Crippen LogP contribution in [-0.2, 0) is 19.6 Å². The molecule has 0 saturated heterocycles. The number of ether oxygens (including phenoxy) is 1. The molecule has 29 heavy (non-hydrogen) atoms. The van der Waals surface area contributed by atoms with Crippen LogP contribution in [0.1, 0.15) is 11.1 Å². The predicted octanol–water partition coefficient (Wildman–Crippen LogP) is 3.50. The lowest BCUT2D eigenvalue weighted by Gasteiger charge is -2.13. The lowest BCUT2D eigenvalue weighted by molar-refractivity contribution is 0.302. The molecule has 1 N–H and O–H groups in total. The van der Waals surface area contributed by atoms with Crippen LogP contribution < -0.4 is 10.3 Å². The van der Waals surface area contributed by atoms with E-state index in [-0.39, 0.29) is 11.4 Å². The van der Waals surface area contributed by atoms with Crippen molar-refractivity contribution < 1.29 is 4.74 Å². The summed E-state index contributed by atoms with van der Waals surface area (Å²) in [6.07, 6.45) is 2.32. The smallest absolute Gasteiger partial charge is 0.261 e. The predicted molar refractivity (Wildman–Crippen MR) is 110 cm³/mol. The molecule has 2 aromatic heterocycles. The van der Waals surface area contributed by atoms with Crippen molar-refractivity contribution in [3.63, 3.8) is 0 Å². The molecule has 0 amide bonds. The van der Waals surface area contributed by atoms with Gasteiger partial charge < -0.3 is 9.30 Å². The average Bonchev–Trinajstić information content (AvgIpc) is 3.28. The standard InChI is InChI=1S/C21H18ClN5O2/c22-17-8-9-19(29-14-15-5-2-1-3-6-15)16(13-17)10-12-27-11-4-7-18(21(27)28)20-23-25-26-24-20/h1-9,11,13H,10,12,14H2,(H,23,24,25,26). The maximum Gasteiger partial charge on any atom is 0.261 e. The monoisotopic (exact) mass is 407 g/mol. The van der Waals surface area contributed by atoms with Gasteiger partial charge >= 0.3 is 0 Å². The van der Waals surface area contributed by atoms with Crippen molar-refractivity contribution in [3.8, 4) is 17.1 Å². The molecule has 0 aliphatic carbocycles. The summed E-state index contributed by atoms with van der Waals surface area (Å²) in [5.41, 5.74) is 2.23. The number of aromatic nitrogens is 5. The Morgan fingerprint density at radius 2 is 1.93 bits per heavy atom. The van der Waals surface area contributed by atoms with Gasteiger partial charge in [0, 0.05) is 17.8 Å². The van der Waals surface area contributed by atoms with Crippen molar-refractivity contribution in [1.82, 2.24) is 25.2 Å². The van der Waals surface area contributed by atoms with Crippen LogP contribution >= 0.6 is 11.6 Å². The number of aryl methyl sites for hydroxylation is 2. The van der Waals surface area contributed by atoms with Gasteiger partial charge in [-0.2, -0.15) is 5.21 Å². The summed E-state index contributed by atoms with van der Waals surface area (Å²) in [6, 6.07) is 18.9. The quantitative estimate of drug-likeness (QED) is 0.506. The molecule has 0 spiro atoms. The van der Waals surface area contributed by atoms with E-state index in [9.17, 15) is 4.79 Å². The van der Waals surface area contributed by atoms with E-state index in [1.807, 2.05) is 42.5 Å². The molecule has 0 atom stereocenters. The molecule has 2 aromatic carbocycles. The number of hydrogen-bond donors (Lipinski definition) is 1. The van der Waals surface area contributed by atoms with Crippen LogP contribution in [-0.4, -0.2) is 25.2 Å². The van der Waals surface area contributed by atoms with Gasteiger partial charge in [-0.15, -0.1) is 10.2 Å². The zero-order valence-electron chi connectivity index (χ0n) is 15.5. The van der Waals surface area contributed by atoms with Gasteiger partial charge in [-0.05, 0) is 53.1 Å². The van der Waals surface area contributed by atoms with Crippen LogP contribution in [0, 0.1) is 0 Å². The van der Waals surface area contributed by atoms with E-state index in [0.29, 0.717) is 30.2 Å². The molecule has 0 saturated carbocycles. The first-order chi connectivity index (χ1) is 14.2. The second kappa shape index (κ2) is 8.70. The number of rotatable bonds is 7. The van der Waals surface area contributed by atoms with Crippen LogP contribution in [0.5, 0.6) is 5.75 Å². The van der Waals surface area contributed by atoms with Crippen molar-refractivity contribution >= 4 is 11.6 Å². The normalized spacial score (nSPS) is 10.8. The first-order valence-electron chi connectivity index (χ1n) is 9.09. The minimum Gasteiger partial charge on any atom is -0.489 e. The summed E-state index contributed by atoms with van der Waals surface area (Å²) in [4.78, 5) is 12.7. The lowest BCUT2D eigenvalue weighted by atomic mass is 10.1. The molecule has 0 unspecified atom stereocenters. The fourth-order valence-corrected chi connectivity index (χ4v) is 3.21. The first-order valence-corrected chi connectivity index (χ1v) is 9.47. The maximum absolute atomic E-state index is 12.7. The molecule has 146 valence electrons. The molecule has 0 bridgehead atoms. The summed E-state index contributed by atoms with van der Waals surface area (Å²) < 4.78 is 7.62. The highest BCUT2D eigenvalue weighted by Crippen LogP contribution is 2.25. The highest BCUT2D eigenvalue weighted by Gasteiger charge is 2.11. The Hall–Kier alpha value is -3.45. The maximum atomic E-state index is 12.7. The fourth-order valence-electron chi connectivity index (χ4n) is 3.02. The van der Waals surface area contributed by atoms with Crippen molar-refractivity contribution in [2.45, 2.75) is 19.6 Å². The Morgan fingerprint density at radius 1 is 1.07 bits per heavy atom. The Labute approximate surface area is 171 Å². The average molecular weight is 408 g/mol. The second-order valence-electron chi connectivity index (χ2n) is 6.43. The number of benzene rings is 2. The van der Waals surface area contributed by atoms with Gasteiger partial charge in [0.2, 0.25) is 5.82 Å². The third kappa shape index (κ3) is 4.52. The Bertz CT molecular complexity index is 1140. The number of tetrazole rings is 1. The van der Waals surface area contributed by atoms with E-state index in [0.717, 1.165) is 16.9 Å². The number of hydrogen-bond acceptors (Lipinski definition) is 5. The SMILES string of the molecule is O=c1c(-c2nn[nH]n2)cccn1CCc1cc(Cl)ccc1OCc1ccccc1. The molecule has 0 fully saturated rings. The van der Waals surface area contributed by atoms with Gasteiger partial charge in [0.15, 0.2) is 0 Å². The van der Waals surface area contributed by atoms with Gasteiger partial charge in [-0.1, -0.05) is 41.9 Å². The van der Waals surface area contributed by atoms with E-state index in [1.54, 1.807) is 29.0 Å². The zero-order valence-corrected chi connectivity index (χ0v) is 16.2. The minimum atomic E-state index is -0.178. The van der Waals surface area contributed by atoms with Crippen molar-refractivity contribution in [3.05, 3.63) is 93.4 Å². The largest absolute Gasteiger partial charge is 0.489 e. The van der Waals surface area contributed by atoms with Crippen LogP contribution in [0.25, 0.3) is 11.4 Å². The van der Waals surface area contributed by atoms with Gasteiger partial charge in [-0.25, -0.2) is 0 Å². The van der Waals surface area contributed by atoms with E-state index < -0.39 is 0 Å². The molecular weight excluding hydrogens is 390 g/mol. The van der Waals surface area contributed by atoms with E-state index in [2.05, 4.69) is 20.6 Å². The van der Waals surface area contributed by atoms with Crippen LogP contribution in [0.4, 0.5) is 0 Å². The summed E-state index contributed by atoms with van der Waals surface area (Å²) in [6.45, 7) is 0.926. The third-order valence-electron chi connectivity index (χ3n) is 4.49. The minimum absolute atomic E-state index is 0.178. The molecule has 0 radical (unpaired) electrons. The van der Waals surface area contributed by atoms with Crippen LogP contribution in [0.3, 0.4) is 0 Å². The molecule has 2 heterocycles. The zero-order chi connectivity index (χ0) is 20.1. The fraction of sp³-hybridized carbons (Fsp3) is 0.143. The van der Waals surface area contributed by atoms with Gasteiger partial charge in [0.25, 0.3) is 5.56 Å². The Morgan fingerprint density at radius 3 is 2.72 bits per heavy atom.